The van der Waals surface area contributed by atoms with Crippen molar-refractivity contribution in [1.29, 1.82) is 0 Å². The Hall–Kier alpha value is -2.29. The highest BCUT2D eigenvalue weighted by molar-refractivity contribution is 5.70. The van der Waals surface area contributed by atoms with Gasteiger partial charge in [-0.25, -0.2) is 0 Å². The Morgan fingerprint density at radius 3 is 2.43 bits per heavy atom. The van der Waals surface area contributed by atoms with E-state index >= 15 is 0 Å². The summed E-state index contributed by atoms with van der Waals surface area (Å²) in [6.45, 7) is 2.19. The standard InChI is InChI=1S/C18H20O3/c1-2-21-18(20)13-16(14-8-4-3-5-9-14)12-15-10-6-7-11-17(15)19/h3-11,16,19H,2,12-13H2,1H3. The molecular formula is C18H20O3. The summed E-state index contributed by atoms with van der Waals surface area (Å²) in [6.07, 6.45) is 0.918. The molecule has 110 valence electrons. The summed E-state index contributed by atoms with van der Waals surface area (Å²) in [5.41, 5.74) is 1.92. The van der Waals surface area contributed by atoms with E-state index < -0.39 is 0 Å². The zero-order valence-electron chi connectivity index (χ0n) is 12.2. The summed E-state index contributed by atoms with van der Waals surface area (Å²) in [5, 5.41) is 9.93. The van der Waals surface area contributed by atoms with Gasteiger partial charge in [-0.05, 0) is 36.5 Å². The molecule has 0 amide bonds. The van der Waals surface area contributed by atoms with E-state index in [0.717, 1.165) is 11.1 Å². The van der Waals surface area contributed by atoms with Gasteiger partial charge in [0.25, 0.3) is 0 Å². The Kier molecular flexibility index (Phi) is 5.38. The third-order valence-corrected chi connectivity index (χ3v) is 3.45. The number of phenols is 1. The van der Waals surface area contributed by atoms with Gasteiger partial charge in [0.05, 0.1) is 13.0 Å². The average Bonchev–Trinajstić information content (AvgIpc) is 2.50. The lowest BCUT2D eigenvalue weighted by atomic mass is 9.89. The summed E-state index contributed by atoms with van der Waals surface area (Å²) in [5.74, 6) is 0.0580. The van der Waals surface area contributed by atoms with E-state index in [0.29, 0.717) is 19.4 Å². The van der Waals surface area contributed by atoms with Gasteiger partial charge in [0.2, 0.25) is 0 Å². The summed E-state index contributed by atoms with van der Waals surface area (Å²) < 4.78 is 5.06. The number of esters is 1. The molecule has 0 bridgehead atoms. The second-order valence-corrected chi connectivity index (χ2v) is 4.95. The molecule has 1 unspecified atom stereocenters. The van der Waals surface area contributed by atoms with Crippen molar-refractivity contribution in [3.8, 4) is 5.75 Å². The molecule has 0 fully saturated rings. The maximum atomic E-state index is 11.8. The smallest absolute Gasteiger partial charge is 0.306 e. The van der Waals surface area contributed by atoms with Gasteiger partial charge in [0.1, 0.15) is 5.75 Å². The number of rotatable bonds is 6. The molecule has 2 aromatic carbocycles. The molecule has 3 nitrogen and oxygen atoms in total. The Labute approximate surface area is 125 Å². The molecule has 3 heteroatoms. The van der Waals surface area contributed by atoms with Crippen molar-refractivity contribution in [2.24, 2.45) is 0 Å². The molecule has 0 saturated heterocycles. The van der Waals surface area contributed by atoms with Crippen LogP contribution < -0.4 is 0 Å². The molecular weight excluding hydrogens is 264 g/mol. The van der Waals surface area contributed by atoms with Crippen molar-refractivity contribution in [3.05, 3.63) is 65.7 Å². The van der Waals surface area contributed by atoms with Crippen LogP contribution >= 0.6 is 0 Å². The third kappa shape index (κ3) is 4.35. The number of phenolic OH excluding ortho intramolecular Hbond substituents is 1. The lowest BCUT2D eigenvalue weighted by Crippen LogP contribution is -2.12. The second kappa shape index (κ2) is 7.48. The Balaban J connectivity index is 2.20. The molecule has 1 N–H and O–H groups in total. The van der Waals surface area contributed by atoms with E-state index in [9.17, 15) is 9.90 Å². The Bertz CT molecular complexity index is 578. The first-order chi connectivity index (χ1) is 10.2. The van der Waals surface area contributed by atoms with Gasteiger partial charge in [-0.2, -0.15) is 0 Å². The van der Waals surface area contributed by atoms with Gasteiger partial charge in [0.15, 0.2) is 0 Å². The molecule has 0 radical (unpaired) electrons. The Morgan fingerprint density at radius 1 is 1.10 bits per heavy atom. The summed E-state index contributed by atoms with van der Waals surface area (Å²) in [7, 11) is 0. The van der Waals surface area contributed by atoms with Crippen LogP contribution in [0.1, 0.15) is 30.4 Å². The lowest BCUT2D eigenvalue weighted by molar-refractivity contribution is -0.143. The zero-order valence-corrected chi connectivity index (χ0v) is 12.2. The predicted octanol–water partition coefficient (Wildman–Crippen LogP) is 3.67. The minimum absolute atomic E-state index is 0.00134. The molecule has 0 aliphatic heterocycles. The average molecular weight is 284 g/mol. The van der Waals surface area contributed by atoms with Gasteiger partial charge in [0, 0.05) is 0 Å². The highest BCUT2D eigenvalue weighted by atomic mass is 16.5. The molecule has 1 atom stereocenters. The third-order valence-electron chi connectivity index (χ3n) is 3.45. The SMILES string of the molecule is CCOC(=O)CC(Cc1ccccc1O)c1ccccc1. The normalized spacial score (nSPS) is 11.9. The number of para-hydroxylation sites is 1. The van der Waals surface area contributed by atoms with Crippen LogP contribution in [0.15, 0.2) is 54.6 Å². The number of hydrogen-bond donors (Lipinski definition) is 1. The molecule has 21 heavy (non-hydrogen) atoms. The van der Waals surface area contributed by atoms with Crippen LogP contribution in [0.25, 0.3) is 0 Å². The summed E-state index contributed by atoms with van der Waals surface area (Å²) >= 11 is 0. The molecule has 2 aromatic rings. The highest BCUT2D eigenvalue weighted by Gasteiger charge is 2.18. The van der Waals surface area contributed by atoms with E-state index in [-0.39, 0.29) is 17.6 Å². The van der Waals surface area contributed by atoms with Crippen molar-refractivity contribution >= 4 is 5.97 Å². The van der Waals surface area contributed by atoms with Crippen LogP contribution in [0.4, 0.5) is 0 Å². The van der Waals surface area contributed by atoms with E-state index in [4.69, 9.17) is 4.74 Å². The van der Waals surface area contributed by atoms with Gasteiger partial charge in [-0.1, -0.05) is 48.5 Å². The topological polar surface area (TPSA) is 46.5 Å². The molecule has 0 aliphatic carbocycles. The van der Waals surface area contributed by atoms with Crippen LogP contribution in [-0.2, 0) is 16.0 Å². The lowest BCUT2D eigenvalue weighted by Gasteiger charge is -2.17. The first kappa shape index (κ1) is 15.1. The molecule has 0 aromatic heterocycles. The maximum Gasteiger partial charge on any atom is 0.306 e. The largest absolute Gasteiger partial charge is 0.508 e. The monoisotopic (exact) mass is 284 g/mol. The number of benzene rings is 2. The minimum Gasteiger partial charge on any atom is -0.508 e. The summed E-state index contributed by atoms with van der Waals surface area (Å²) in [4.78, 5) is 11.8. The van der Waals surface area contributed by atoms with Crippen molar-refractivity contribution in [2.75, 3.05) is 6.61 Å². The predicted molar refractivity (Wildman–Crippen MR) is 82.2 cm³/mol. The number of carbonyl (C=O) groups is 1. The van der Waals surface area contributed by atoms with Crippen molar-refractivity contribution in [1.82, 2.24) is 0 Å². The number of aromatic hydroxyl groups is 1. The molecule has 0 spiro atoms. The van der Waals surface area contributed by atoms with Gasteiger partial charge in [-0.3, -0.25) is 4.79 Å². The van der Waals surface area contributed by atoms with Gasteiger partial charge in [-0.15, -0.1) is 0 Å². The minimum atomic E-state index is -0.207. The van der Waals surface area contributed by atoms with Gasteiger partial charge < -0.3 is 9.84 Å². The number of hydrogen-bond acceptors (Lipinski definition) is 3. The van der Waals surface area contributed by atoms with E-state index in [1.807, 2.05) is 42.5 Å². The van der Waals surface area contributed by atoms with E-state index in [2.05, 4.69) is 0 Å². The molecule has 0 saturated carbocycles. The quantitative estimate of drug-likeness (QED) is 0.823. The first-order valence-corrected chi connectivity index (χ1v) is 7.18. The van der Waals surface area contributed by atoms with Crippen LogP contribution in [0.3, 0.4) is 0 Å². The first-order valence-electron chi connectivity index (χ1n) is 7.18. The highest BCUT2D eigenvalue weighted by Crippen LogP contribution is 2.28. The van der Waals surface area contributed by atoms with Crippen molar-refractivity contribution in [3.63, 3.8) is 0 Å². The molecule has 0 aliphatic rings. The fourth-order valence-electron chi connectivity index (χ4n) is 2.40. The second-order valence-electron chi connectivity index (χ2n) is 4.95. The zero-order chi connectivity index (χ0) is 15.1. The van der Waals surface area contributed by atoms with Gasteiger partial charge >= 0.3 is 5.97 Å². The van der Waals surface area contributed by atoms with E-state index in [1.54, 1.807) is 19.1 Å². The number of ether oxygens (including phenoxy) is 1. The maximum absolute atomic E-state index is 11.8. The summed E-state index contributed by atoms with van der Waals surface area (Å²) in [6, 6.07) is 17.1. The fourth-order valence-corrected chi connectivity index (χ4v) is 2.40. The van der Waals surface area contributed by atoms with Crippen LogP contribution in [0.5, 0.6) is 5.75 Å². The van der Waals surface area contributed by atoms with Crippen molar-refractivity contribution in [2.45, 2.75) is 25.7 Å². The molecule has 0 heterocycles. The van der Waals surface area contributed by atoms with Crippen molar-refractivity contribution < 1.29 is 14.6 Å². The van der Waals surface area contributed by atoms with E-state index in [1.165, 1.54) is 0 Å². The van der Waals surface area contributed by atoms with Crippen LogP contribution in [0, 0.1) is 0 Å². The Morgan fingerprint density at radius 2 is 1.76 bits per heavy atom. The number of carbonyl (C=O) groups excluding carboxylic acids is 1. The van der Waals surface area contributed by atoms with Crippen LogP contribution in [-0.4, -0.2) is 17.7 Å². The molecule has 2 rings (SSSR count). The van der Waals surface area contributed by atoms with Crippen LogP contribution in [0.2, 0.25) is 0 Å². The fraction of sp³-hybridized carbons (Fsp3) is 0.278.